The maximum atomic E-state index is 11.0. The first-order valence-corrected chi connectivity index (χ1v) is 5.66. The van der Waals surface area contributed by atoms with Crippen molar-refractivity contribution in [2.24, 2.45) is 0 Å². The predicted molar refractivity (Wildman–Crippen MR) is 72.6 cm³/mol. The van der Waals surface area contributed by atoms with Crippen LogP contribution in [0.25, 0.3) is 0 Å². The Morgan fingerprint density at radius 3 is 2.53 bits per heavy atom. The molecule has 98 valence electrons. The zero-order valence-electron chi connectivity index (χ0n) is 9.92. The molecule has 0 bridgehead atoms. The minimum atomic E-state index is -0.549. The van der Waals surface area contributed by atoms with Crippen LogP contribution in [0.15, 0.2) is 24.3 Å². The summed E-state index contributed by atoms with van der Waals surface area (Å²) in [4.78, 5) is 18.1. The lowest BCUT2D eigenvalue weighted by molar-refractivity contribution is -0.385. The number of nitrogens with zero attached hydrogens (tertiary/aromatic N) is 3. The second-order valence-corrected chi connectivity index (χ2v) is 4.19. The van der Waals surface area contributed by atoms with Crippen LogP contribution in [0.2, 0.25) is 5.02 Å². The van der Waals surface area contributed by atoms with Crippen molar-refractivity contribution in [1.29, 1.82) is 0 Å². The molecule has 0 aliphatic heterocycles. The number of anilines is 3. The van der Waals surface area contributed by atoms with Crippen molar-refractivity contribution in [3.05, 3.63) is 45.1 Å². The monoisotopic (exact) mass is 279 g/mol. The molecule has 2 aromatic rings. The van der Waals surface area contributed by atoms with E-state index in [-0.39, 0.29) is 23.1 Å². The summed E-state index contributed by atoms with van der Waals surface area (Å²) in [6.45, 7) is 1.50. The van der Waals surface area contributed by atoms with Crippen molar-refractivity contribution in [1.82, 2.24) is 9.97 Å². The Hall–Kier alpha value is -2.41. The summed E-state index contributed by atoms with van der Waals surface area (Å²) < 4.78 is 0. The van der Waals surface area contributed by atoms with Crippen LogP contribution in [0.4, 0.5) is 23.1 Å². The van der Waals surface area contributed by atoms with Gasteiger partial charge in [-0.05, 0) is 31.2 Å². The Morgan fingerprint density at radius 1 is 1.32 bits per heavy atom. The molecule has 1 aromatic carbocycles. The molecular formula is C11H10ClN5O2. The second-order valence-electron chi connectivity index (χ2n) is 3.75. The van der Waals surface area contributed by atoms with Crippen LogP contribution in [-0.4, -0.2) is 14.9 Å². The van der Waals surface area contributed by atoms with Crippen molar-refractivity contribution in [2.75, 3.05) is 11.1 Å². The average Bonchev–Trinajstić information content (AvgIpc) is 2.30. The minimum Gasteiger partial charge on any atom is -0.368 e. The highest BCUT2D eigenvalue weighted by Crippen LogP contribution is 2.28. The van der Waals surface area contributed by atoms with Crippen molar-refractivity contribution in [3.63, 3.8) is 0 Å². The Morgan fingerprint density at radius 2 is 1.95 bits per heavy atom. The molecule has 0 aliphatic rings. The number of aryl methyl sites for hydroxylation is 1. The molecule has 0 atom stereocenters. The zero-order chi connectivity index (χ0) is 14.0. The van der Waals surface area contributed by atoms with Gasteiger partial charge in [0.1, 0.15) is 5.69 Å². The molecule has 1 aromatic heterocycles. The third-order valence-corrected chi connectivity index (χ3v) is 2.62. The molecule has 2 rings (SSSR count). The van der Waals surface area contributed by atoms with E-state index in [1.807, 2.05) is 0 Å². The summed E-state index contributed by atoms with van der Waals surface area (Å²) in [5.41, 5.74) is 6.11. The van der Waals surface area contributed by atoms with Gasteiger partial charge in [0.2, 0.25) is 11.8 Å². The maximum Gasteiger partial charge on any atom is 0.332 e. The van der Waals surface area contributed by atoms with Gasteiger partial charge in [0.25, 0.3) is 0 Å². The van der Waals surface area contributed by atoms with Crippen LogP contribution in [0.1, 0.15) is 5.69 Å². The standard InChI is InChI=1S/C11H10ClN5O2/c1-6-9(17(18)19)10(16-11(13)14-6)15-8-4-2-7(12)3-5-8/h2-5H,1H3,(H3,13,14,15,16). The average molecular weight is 280 g/mol. The van der Waals surface area contributed by atoms with Gasteiger partial charge in [-0.2, -0.15) is 4.98 Å². The quantitative estimate of drug-likeness (QED) is 0.661. The number of rotatable bonds is 3. The van der Waals surface area contributed by atoms with Gasteiger partial charge in [0, 0.05) is 10.7 Å². The Kier molecular flexibility index (Phi) is 3.48. The lowest BCUT2D eigenvalue weighted by Gasteiger charge is -2.08. The number of hydrogen-bond acceptors (Lipinski definition) is 6. The van der Waals surface area contributed by atoms with E-state index in [2.05, 4.69) is 15.3 Å². The topological polar surface area (TPSA) is 107 Å². The van der Waals surface area contributed by atoms with Crippen molar-refractivity contribution < 1.29 is 4.92 Å². The van der Waals surface area contributed by atoms with Crippen LogP contribution >= 0.6 is 11.6 Å². The van der Waals surface area contributed by atoms with E-state index in [1.165, 1.54) is 6.92 Å². The molecule has 8 heteroatoms. The fourth-order valence-corrected chi connectivity index (χ4v) is 1.69. The normalized spacial score (nSPS) is 10.2. The number of nitrogens with one attached hydrogen (secondary N) is 1. The van der Waals surface area contributed by atoms with Crippen LogP contribution < -0.4 is 11.1 Å². The van der Waals surface area contributed by atoms with E-state index >= 15 is 0 Å². The van der Waals surface area contributed by atoms with Crippen LogP contribution in [-0.2, 0) is 0 Å². The smallest absolute Gasteiger partial charge is 0.332 e. The number of halogens is 1. The lowest BCUT2D eigenvalue weighted by Crippen LogP contribution is -2.06. The summed E-state index contributed by atoms with van der Waals surface area (Å²) in [5.74, 6) is 0.0249. The molecule has 0 fully saturated rings. The molecule has 7 nitrogen and oxygen atoms in total. The Labute approximate surface area is 113 Å². The van der Waals surface area contributed by atoms with Gasteiger partial charge in [-0.1, -0.05) is 11.6 Å². The maximum absolute atomic E-state index is 11.0. The third-order valence-electron chi connectivity index (χ3n) is 2.37. The van der Waals surface area contributed by atoms with Gasteiger partial charge >= 0.3 is 5.69 Å². The molecule has 0 saturated heterocycles. The first-order chi connectivity index (χ1) is 8.97. The molecule has 0 spiro atoms. The molecule has 1 heterocycles. The third kappa shape index (κ3) is 2.89. The Balaban J connectivity index is 2.44. The fourth-order valence-electron chi connectivity index (χ4n) is 1.56. The molecule has 0 radical (unpaired) electrons. The van der Waals surface area contributed by atoms with E-state index in [1.54, 1.807) is 24.3 Å². The number of benzene rings is 1. The molecule has 0 saturated carbocycles. The molecule has 0 aliphatic carbocycles. The fraction of sp³-hybridized carbons (Fsp3) is 0.0909. The summed E-state index contributed by atoms with van der Waals surface area (Å²) in [5, 5.41) is 14.4. The highest BCUT2D eigenvalue weighted by Gasteiger charge is 2.21. The molecule has 0 amide bonds. The van der Waals surface area contributed by atoms with Gasteiger partial charge in [-0.25, -0.2) is 4.98 Å². The predicted octanol–water partition coefficient (Wildman–Crippen LogP) is 2.67. The first-order valence-electron chi connectivity index (χ1n) is 5.28. The summed E-state index contributed by atoms with van der Waals surface area (Å²) in [7, 11) is 0. The van der Waals surface area contributed by atoms with E-state index in [0.717, 1.165) is 0 Å². The van der Waals surface area contributed by atoms with Crippen molar-refractivity contribution >= 4 is 34.7 Å². The van der Waals surface area contributed by atoms with E-state index < -0.39 is 4.92 Å². The van der Waals surface area contributed by atoms with Crippen LogP contribution in [0.3, 0.4) is 0 Å². The lowest BCUT2D eigenvalue weighted by atomic mass is 10.3. The molecular weight excluding hydrogens is 270 g/mol. The number of nitrogen functional groups attached to an aromatic ring is 1. The van der Waals surface area contributed by atoms with Gasteiger partial charge in [-0.3, -0.25) is 10.1 Å². The number of hydrogen-bond donors (Lipinski definition) is 2. The largest absolute Gasteiger partial charge is 0.368 e. The summed E-state index contributed by atoms with van der Waals surface area (Å²) in [6.07, 6.45) is 0. The SMILES string of the molecule is Cc1nc(N)nc(Nc2ccc(Cl)cc2)c1[N+](=O)[O-]. The zero-order valence-corrected chi connectivity index (χ0v) is 10.7. The highest BCUT2D eigenvalue weighted by molar-refractivity contribution is 6.30. The molecule has 3 N–H and O–H groups in total. The molecule has 0 unspecified atom stereocenters. The van der Waals surface area contributed by atoms with E-state index in [0.29, 0.717) is 10.7 Å². The summed E-state index contributed by atoms with van der Waals surface area (Å²) in [6, 6.07) is 6.68. The molecule has 19 heavy (non-hydrogen) atoms. The van der Waals surface area contributed by atoms with Gasteiger partial charge in [-0.15, -0.1) is 0 Å². The van der Waals surface area contributed by atoms with E-state index in [4.69, 9.17) is 17.3 Å². The van der Waals surface area contributed by atoms with Gasteiger partial charge < -0.3 is 11.1 Å². The number of nitrogens with two attached hydrogens (primary N) is 1. The van der Waals surface area contributed by atoms with Crippen molar-refractivity contribution in [2.45, 2.75) is 6.92 Å². The highest BCUT2D eigenvalue weighted by atomic mass is 35.5. The summed E-state index contributed by atoms with van der Waals surface area (Å²) >= 11 is 5.77. The van der Waals surface area contributed by atoms with E-state index in [9.17, 15) is 10.1 Å². The van der Waals surface area contributed by atoms with Gasteiger partial charge in [0.05, 0.1) is 4.92 Å². The second kappa shape index (κ2) is 5.07. The van der Waals surface area contributed by atoms with Crippen LogP contribution in [0, 0.1) is 17.0 Å². The van der Waals surface area contributed by atoms with Crippen molar-refractivity contribution in [3.8, 4) is 0 Å². The first kappa shape index (κ1) is 13.0. The minimum absolute atomic E-state index is 0.0282. The Bertz CT molecular complexity index is 630. The number of nitro groups is 1. The number of aromatic nitrogens is 2. The van der Waals surface area contributed by atoms with Gasteiger partial charge in [0.15, 0.2) is 0 Å². The van der Waals surface area contributed by atoms with Crippen LogP contribution in [0.5, 0.6) is 0 Å².